The van der Waals surface area contributed by atoms with Crippen LogP contribution in [0, 0.1) is 6.92 Å². The highest BCUT2D eigenvalue weighted by Gasteiger charge is 2.25. The second-order valence-corrected chi connectivity index (χ2v) is 6.21. The average molecular weight is 358 g/mol. The van der Waals surface area contributed by atoms with Crippen LogP contribution in [0.1, 0.15) is 18.4 Å². The molecule has 0 aliphatic carbocycles. The van der Waals surface area contributed by atoms with E-state index in [0.717, 1.165) is 30.8 Å². The van der Waals surface area contributed by atoms with Crippen molar-refractivity contribution in [3.63, 3.8) is 0 Å². The third kappa shape index (κ3) is 3.77. The molecule has 0 aromatic heterocycles. The van der Waals surface area contributed by atoms with E-state index >= 15 is 0 Å². The Morgan fingerprint density at radius 1 is 1.28 bits per heavy atom. The van der Waals surface area contributed by atoms with Crippen molar-refractivity contribution in [1.29, 1.82) is 0 Å². The number of halogens is 1. The van der Waals surface area contributed by atoms with E-state index in [1.165, 1.54) is 0 Å². The first kappa shape index (κ1) is 17.3. The molecule has 1 N–H and O–H groups in total. The molecule has 0 unspecified atom stereocenters. The zero-order valence-corrected chi connectivity index (χ0v) is 15.0. The van der Waals surface area contributed by atoms with E-state index in [2.05, 4.69) is 10.3 Å². The Morgan fingerprint density at radius 3 is 2.76 bits per heavy atom. The maximum Gasteiger partial charge on any atom is 0.331 e. The predicted molar refractivity (Wildman–Crippen MR) is 102 cm³/mol. The summed E-state index contributed by atoms with van der Waals surface area (Å²) >= 11 is 6.26. The Labute approximate surface area is 152 Å². The van der Waals surface area contributed by atoms with Crippen LogP contribution in [0.3, 0.4) is 0 Å². The van der Waals surface area contributed by atoms with Gasteiger partial charge >= 0.3 is 6.03 Å². The quantitative estimate of drug-likeness (QED) is 0.850. The van der Waals surface area contributed by atoms with Gasteiger partial charge in [-0.15, -0.1) is 0 Å². The molecule has 5 nitrogen and oxygen atoms in total. The number of benzene rings is 2. The molecule has 0 saturated carbocycles. The van der Waals surface area contributed by atoms with Crippen LogP contribution in [0.4, 0.5) is 16.2 Å². The van der Waals surface area contributed by atoms with Crippen LogP contribution in [0.15, 0.2) is 47.5 Å². The fourth-order valence-electron chi connectivity index (χ4n) is 2.73. The standard InChI is InChI=1S/C19H20ClN3O2/c1-13-9-10-14(12-15(13)20)23(18-8-5-11-21-18)19(24)22-16-6-3-4-7-17(16)25-2/h3-4,6-7,9-10,12H,5,8,11H2,1-2H3,(H,22,24). The van der Waals surface area contributed by atoms with Crippen molar-refractivity contribution in [2.45, 2.75) is 19.8 Å². The Morgan fingerprint density at radius 2 is 2.08 bits per heavy atom. The van der Waals surface area contributed by atoms with E-state index in [-0.39, 0.29) is 6.03 Å². The number of carbonyl (C=O) groups excluding carboxylic acids is 1. The van der Waals surface area contributed by atoms with Gasteiger partial charge in [0.15, 0.2) is 0 Å². The molecule has 0 bridgehead atoms. The molecule has 0 saturated heterocycles. The van der Waals surface area contributed by atoms with Crippen molar-refractivity contribution < 1.29 is 9.53 Å². The molecule has 6 heteroatoms. The number of amides is 2. The van der Waals surface area contributed by atoms with E-state index in [4.69, 9.17) is 16.3 Å². The van der Waals surface area contributed by atoms with Crippen molar-refractivity contribution in [3.8, 4) is 5.75 Å². The number of nitrogens with zero attached hydrogens (tertiary/aromatic N) is 2. The zero-order valence-electron chi connectivity index (χ0n) is 14.3. The molecule has 25 heavy (non-hydrogen) atoms. The summed E-state index contributed by atoms with van der Waals surface area (Å²) in [6.07, 6.45) is 1.69. The third-order valence-corrected chi connectivity index (χ3v) is 4.48. The van der Waals surface area contributed by atoms with Gasteiger partial charge in [0.25, 0.3) is 0 Å². The Hall–Kier alpha value is -2.53. The van der Waals surface area contributed by atoms with Crippen LogP contribution < -0.4 is 15.0 Å². The first-order chi connectivity index (χ1) is 12.1. The van der Waals surface area contributed by atoms with Crippen molar-refractivity contribution >= 4 is 34.8 Å². The maximum absolute atomic E-state index is 13.0. The smallest absolute Gasteiger partial charge is 0.331 e. The van der Waals surface area contributed by atoms with E-state index in [0.29, 0.717) is 22.1 Å². The average Bonchev–Trinajstić information content (AvgIpc) is 3.13. The molecule has 0 atom stereocenters. The molecule has 1 aliphatic heterocycles. The normalized spacial score (nSPS) is 13.3. The first-order valence-corrected chi connectivity index (χ1v) is 8.51. The van der Waals surface area contributed by atoms with Gasteiger partial charge in [-0.3, -0.25) is 9.89 Å². The lowest BCUT2D eigenvalue weighted by molar-refractivity contribution is 0.259. The fourth-order valence-corrected chi connectivity index (χ4v) is 2.91. The molecule has 2 aromatic carbocycles. The highest BCUT2D eigenvalue weighted by atomic mass is 35.5. The minimum atomic E-state index is -0.287. The molecule has 1 heterocycles. The minimum absolute atomic E-state index is 0.287. The van der Waals surface area contributed by atoms with Gasteiger partial charge in [-0.05, 0) is 43.2 Å². The minimum Gasteiger partial charge on any atom is -0.495 e. The molecular weight excluding hydrogens is 338 g/mol. The van der Waals surface area contributed by atoms with Crippen LogP contribution in [0.5, 0.6) is 5.75 Å². The van der Waals surface area contributed by atoms with Crippen LogP contribution in [0.25, 0.3) is 0 Å². The SMILES string of the molecule is COc1ccccc1NC(=O)N(C1=NCCC1)c1ccc(C)c(Cl)c1. The molecule has 0 radical (unpaired) electrons. The number of para-hydroxylation sites is 2. The Bertz CT molecular complexity index is 820. The number of aryl methyl sites for hydroxylation is 1. The predicted octanol–water partition coefficient (Wildman–Crippen LogP) is 4.89. The summed E-state index contributed by atoms with van der Waals surface area (Å²) in [6.45, 7) is 2.66. The highest BCUT2D eigenvalue weighted by Crippen LogP contribution is 2.28. The van der Waals surface area contributed by atoms with Crippen molar-refractivity contribution in [1.82, 2.24) is 0 Å². The number of aliphatic imine (C=N–C) groups is 1. The van der Waals surface area contributed by atoms with Crippen molar-refractivity contribution in [3.05, 3.63) is 53.1 Å². The van der Waals surface area contributed by atoms with Crippen LogP contribution in [-0.2, 0) is 0 Å². The van der Waals surface area contributed by atoms with Gasteiger partial charge < -0.3 is 10.1 Å². The fraction of sp³-hybridized carbons (Fsp3) is 0.263. The third-order valence-electron chi connectivity index (χ3n) is 4.08. The van der Waals surface area contributed by atoms with E-state index < -0.39 is 0 Å². The lowest BCUT2D eigenvalue weighted by Gasteiger charge is -2.24. The van der Waals surface area contributed by atoms with Crippen molar-refractivity contribution in [2.75, 3.05) is 23.9 Å². The van der Waals surface area contributed by atoms with Gasteiger partial charge in [-0.2, -0.15) is 0 Å². The maximum atomic E-state index is 13.0. The lowest BCUT2D eigenvalue weighted by Crippen LogP contribution is -2.39. The molecular formula is C19H20ClN3O2. The Kier molecular flexibility index (Phi) is 5.24. The van der Waals surface area contributed by atoms with Crippen molar-refractivity contribution in [2.24, 2.45) is 4.99 Å². The van der Waals surface area contributed by atoms with Gasteiger partial charge in [-0.1, -0.05) is 29.8 Å². The molecule has 3 rings (SSSR count). The number of hydrogen-bond donors (Lipinski definition) is 1. The Balaban J connectivity index is 1.94. The van der Waals surface area contributed by atoms with Gasteiger partial charge in [-0.25, -0.2) is 4.79 Å². The summed E-state index contributed by atoms with van der Waals surface area (Å²) in [4.78, 5) is 19.1. The second kappa shape index (κ2) is 7.57. The van der Waals surface area contributed by atoms with E-state index in [1.54, 1.807) is 30.2 Å². The summed E-state index contributed by atoms with van der Waals surface area (Å²) in [5.41, 5.74) is 2.27. The largest absolute Gasteiger partial charge is 0.495 e. The van der Waals surface area contributed by atoms with E-state index in [9.17, 15) is 4.79 Å². The summed E-state index contributed by atoms with van der Waals surface area (Å²) in [6, 6.07) is 12.6. The number of nitrogens with one attached hydrogen (secondary N) is 1. The number of rotatable bonds is 3. The monoisotopic (exact) mass is 357 g/mol. The van der Waals surface area contributed by atoms with Gasteiger partial charge in [0, 0.05) is 18.0 Å². The number of urea groups is 1. The summed E-state index contributed by atoms with van der Waals surface area (Å²) < 4.78 is 5.31. The second-order valence-electron chi connectivity index (χ2n) is 5.80. The van der Waals surface area contributed by atoms with Crippen LogP contribution >= 0.6 is 11.6 Å². The highest BCUT2D eigenvalue weighted by molar-refractivity contribution is 6.32. The van der Waals surface area contributed by atoms with Gasteiger partial charge in [0.05, 0.1) is 18.5 Å². The summed E-state index contributed by atoms with van der Waals surface area (Å²) in [7, 11) is 1.57. The number of methoxy groups -OCH3 is 1. The molecule has 2 aromatic rings. The van der Waals surface area contributed by atoms with Crippen LogP contribution in [-0.4, -0.2) is 25.5 Å². The summed E-state index contributed by atoms with van der Waals surface area (Å²) in [5, 5.41) is 3.53. The van der Waals surface area contributed by atoms with Crippen LogP contribution in [0.2, 0.25) is 5.02 Å². The first-order valence-electron chi connectivity index (χ1n) is 8.14. The van der Waals surface area contributed by atoms with Gasteiger partial charge in [0.1, 0.15) is 11.6 Å². The number of anilines is 2. The topological polar surface area (TPSA) is 53.9 Å². The zero-order chi connectivity index (χ0) is 17.8. The number of ether oxygens (including phenoxy) is 1. The molecule has 130 valence electrons. The summed E-state index contributed by atoms with van der Waals surface area (Å²) in [5.74, 6) is 1.35. The molecule has 2 amide bonds. The van der Waals surface area contributed by atoms with Gasteiger partial charge in [0.2, 0.25) is 0 Å². The number of amidine groups is 1. The van der Waals surface area contributed by atoms with E-state index in [1.807, 2.05) is 31.2 Å². The molecule has 0 fully saturated rings. The molecule has 1 aliphatic rings. The lowest BCUT2D eigenvalue weighted by atomic mass is 10.2. The number of carbonyl (C=O) groups is 1. The number of hydrogen-bond acceptors (Lipinski definition) is 3. The molecule has 0 spiro atoms.